The average Bonchev–Trinajstić information content (AvgIpc) is 1.68. The van der Waals surface area contributed by atoms with Gasteiger partial charge in [-0.25, -0.2) is 10.9 Å². The summed E-state index contributed by atoms with van der Waals surface area (Å²) in [7, 11) is 3.21. The van der Waals surface area contributed by atoms with Crippen LogP contribution in [0, 0.1) is 0 Å². The second kappa shape index (κ2) is 3.97. The Kier molecular flexibility index (Phi) is 3.86. The molecule has 0 spiro atoms. The Bertz CT molecular complexity index is 40.7. The number of hydrazine groups is 3. The number of hydrogen-bond donors (Lipinski definition) is 4. The Balaban J connectivity index is 2.83. The maximum Gasteiger partial charge on any atom is 0.00242 e. The molecule has 0 aromatic rings. The van der Waals surface area contributed by atoms with Crippen molar-refractivity contribution < 1.29 is 5.21 Å². The lowest BCUT2D eigenvalue weighted by atomic mass is 11.5. The van der Waals surface area contributed by atoms with Crippen LogP contribution in [0.5, 0.6) is 0 Å². The Morgan fingerprint density at radius 2 is 2.00 bits per heavy atom. The molecule has 0 aliphatic carbocycles. The molecule has 0 bridgehead atoms. The molecule has 0 unspecified atom stereocenters. The summed E-state index contributed by atoms with van der Waals surface area (Å²) in [6.45, 7) is 0. The molecule has 0 saturated carbocycles. The van der Waals surface area contributed by atoms with Crippen molar-refractivity contribution in [2.75, 3.05) is 14.1 Å². The standard InChI is InChI=1S/C2H10N4O/c1-3-5-6(7)4-2/h3-5,7H,1-2H3. The molecule has 5 heteroatoms. The van der Waals surface area contributed by atoms with E-state index in [-0.39, 0.29) is 0 Å². The molecule has 0 fully saturated rings. The van der Waals surface area contributed by atoms with E-state index >= 15 is 0 Å². The molecule has 0 amide bonds. The van der Waals surface area contributed by atoms with E-state index in [1.165, 1.54) is 0 Å². The Morgan fingerprint density at radius 3 is 2.14 bits per heavy atom. The Hall–Kier alpha value is -0.200. The van der Waals surface area contributed by atoms with E-state index in [9.17, 15) is 0 Å². The van der Waals surface area contributed by atoms with Crippen LogP contribution in [-0.2, 0) is 0 Å². The third-order valence-electron chi connectivity index (χ3n) is 0.430. The molecular weight excluding hydrogens is 96.0 g/mol. The number of nitrogens with zero attached hydrogens (tertiary/aromatic N) is 1. The lowest BCUT2D eigenvalue weighted by Crippen LogP contribution is -2.49. The van der Waals surface area contributed by atoms with Crippen molar-refractivity contribution in [3.63, 3.8) is 0 Å². The first-order chi connectivity index (χ1) is 3.31. The minimum absolute atomic E-state index is 0.694. The SMILES string of the molecule is CNNN(O)NC. The molecule has 0 rings (SSSR count). The highest BCUT2D eigenvalue weighted by atomic mass is 16.6. The van der Waals surface area contributed by atoms with Crippen LogP contribution in [0.15, 0.2) is 0 Å². The quantitative estimate of drug-likeness (QED) is 0.328. The van der Waals surface area contributed by atoms with Crippen LogP contribution < -0.4 is 16.4 Å². The number of hydrogen-bond acceptors (Lipinski definition) is 5. The minimum atomic E-state index is 0.694. The zero-order chi connectivity index (χ0) is 5.70. The van der Waals surface area contributed by atoms with E-state index in [4.69, 9.17) is 5.21 Å². The second-order valence-electron chi connectivity index (χ2n) is 0.897. The molecule has 7 heavy (non-hydrogen) atoms. The lowest BCUT2D eigenvalue weighted by Gasteiger charge is -2.11. The highest BCUT2D eigenvalue weighted by molar-refractivity contribution is 4.06. The molecular formula is C2H10N4O. The fourth-order valence-electron chi connectivity index (χ4n) is 0.162. The molecule has 0 aliphatic heterocycles. The van der Waals surface area contributed by atoms with Crippen LogP contribution in [0.1, 0.15) is 0 Å². The van der Waals surface area contributed by atoms with Crippen molar-refractivity contribution in [1.82, 2.24) is 21.7 Å². The van der Waals surface area contributed by atoms with Crippen LogP contribution in [0.4, 0.5) is 0 Å². The van der Waals surface area contributed by atoms with Gasteiger partial charge in [0.15, 0.2) is 0 Å². The summed E-state index contributed by atoms with van der Waals surface area (Å²) in [6.07, 6.45) is 0. The van der Waals surface area contributed by atoms with E-state index in [0.717, 1.165) is 0 Å². The first-order valence-corrected chi connectivity index (χ1v) is 1.90. The van der Waals surface area contributed by atoms with Crippen LogP contribution in [0.3, 0.4) is 0 Å². The van der Waals surface area contributed by atoms with Gasteiger partial charge in [-0.3, -0.25) is 5.21 Å². The predicted octanol–water partition coefficient (Wildman–Crippen LogP) is -1.55. The molecule has 0 radical (unpaired) electrons. The average molecular weight is 106 g/mol. The second-order valence-corrected chi connectivity index (χ2v) is 0.897. The maximum atomic E-state index is 8.41. The Morgan fingerprint density at radius 1 is 1.43 bits per heavy atom. The van der Waals surface area contributed by atoms with Gasteiger partial charge in [0.05, 0.1) is 0 Å². The van der Waals surface area contributed by atoms with Crippen molar-refractivity contribution in [2.45, 2.75) is 0 Å². The van der Waals surface area contributed by atoms with Gasteiger partial charge < -0.3 is 0 Å². The van der Waals surface area contributed by atoms with Gasteiger partial charge >= 0.3 is 0 Å². The summed E-state index contributed by atoms with van der Waals surface area (Å²) >= 11 is 0. The molecule has 0 aromatic carbocycles. The molecule has 0 aromatic heterocycles. The fourth-order valence-corrected chi connectivity index (χ4v) is 0.162. The lowest BCUT2D eigenvalue weighted by molar-refractivity contribution is -0.184. The molecule has 4 N–H and O–H groups in total. The highest BCUT2D eigenvalue weighted by Crippen LogP contribution is 1.50. The van der Waals surface area contributed by atoms with Crippen LogP contribution in [0.2, 0.25) is 0 Å². The molecule has 5 nitrogen and oxygen atoms in total. The minimum Gasteiger partial charge on any atom is -0.284 e. The zero-order valence-electron chi connectivity index (χ0n) is 4.39. The van der Waals surface area contributed by atoms with E-state index < -0.39 is 0 Å². The molecule has 0 aliphatic rings. The van der Waals surface area contributed by atoms with Crippen molar-refractivity contribution in [1.29, 1.82) is 0 Å². The van der Waals surface area contributed by atoms with Gasteiger partial charge in [0.1, 0.15) is 0 Å². The van der Waals surface area contributed by atoms with Gasteiger partial charge in [-0.1, -0.05) is 0 Å². The maximum absolute atomic E-state index is 8.41. The summed E-state index contributed by atoms with van der Waals surface area (Å²) in [6, 6.07) is 0. The van der Waals surface area contributed by atoms with Gasteiger partial charge in [-0.15, -0.1) is 0 Å². The summed E-state index contributed by atoms with van der Waals surface area (Å²) < 4.78 is 0. The summed E-state index contributed by atoms with van der Waals surface area (Å²) in [5.74, 6) is 0. The van der Waals surface area contributed by atoms with E-state index in [2.05, 4.69) is 16.4 Å². The van der Waals surface area contributed by atoms with Crippen LogP contribution in [-0.4, -0.2) is 24.6 Å². The van der Waals surface area contributed by atoms with Crippen LogP contribution >= 0.6 is 0 Å². The summed E-state index contributed by atoms with van der Waals surface area (Å²) in [5.41, 5.74) is 7.19. The summed E-state index contributed by atoms with van der Waals surface area (Å²) in [4.78, 5) is 0. The number of nitrogens with one attached hydrogen (secondary N) is 3. The van der Waals surface area contributed by atoms with Gasteiger partial charge in [-0.2, -0.15) is 5.53 Å². The van der Waals surface area contributed by atoms with Crippen LogP contribution in [0.25, 0.3) is 0 Å². The third kappa shape index (κ3) is 3.64. The largest absolute Gasteiger partial charge is 0.284 e. The summed E-state index contributed by atoms with van der Waals surface area (Å²) in [5, 5.41) is 9.10. The van der Waals surface area contributed by atoms with Gasteiger partial charge in [-0.05, 0) is 12.3 Å². The van der Waals surface area contributed by atoms with E-state index in [1.807, 2.05) is 0 Å². The Labute approximate surface area is 42.2 Å². The molecule has 0 heterocycles. The monoisotopic (exact) mass is 106 g/mol. The van der Waals surface area contributed by atoms with Gasteiger partial charge in [0.2, 0.25) is 0 Å². The van der Waals surface area contributed by atoms with Gasteiger partial charge in [0.25, 0.3) is 0 Å². The molecule has 44 valence electrons. The predicted molar refractivity (Wildman–Crippen MR) is 24.9 cm³/mol. The number of rotatable bonds is 3. The molecule has 0 atom stereocenters. The van der Waals surface area contributed by atoms with E-state index in [1.54, 1.807) is 14.1 Å². The zero-order valence-corrected chi connectivity index (χ0v) is 4.39. The first kappa shape index (κ1) is 6.80. The van der Waals surface area contributed by atoms with Crippen molar-refractivity contribution >= 4 is 0 Å². The topological polar surface area (TPSA) is 59.6 Å². The first-order valence-electron chi connectivity index (χ1n) is 1.90. The van der Waals surface area contributed by atoms with Crippen molar-refractivity contribution in [2.24, 2.45) is 0 Å². The van der Waals surface area contributed by atoms with Crippen molar-refractivity contribution in [3.05, 3.63) is 0 Å². The fraction of sp³-hybridized carbons (Fsp3) is 1.00. The normalized spacial score (nSPS) is 10.3. The third-order valence-corrected chi connectivity index (χ3v) is 0.430. The van der Waals surface area contributed by atoms with E-state index in [0.29, 0.717) is 5.28 Å². The van der Waals surface area contributed by atoms with Crippen molar-refractivity contribution in [3.8, 4) is 0 Å². The van der Waals surface area contributed by atoms with Gasteiger partial charge in [0, 0.05) is 7.05 Å². The highest BCUT2D eigenvalue weighted by Gasteiger charge is 1.84. The molecule has 0 saturated heterocycles. The smallest absolute Gasteiger partial charge is 0.00242 e.